The van der Waals surface area contributed by atoms with Crippen LogP contribution in [0.3, 0.4) is 0 Å². The van der Waals surface area contributed by atoms with Crippen LogP contribution in [0.2, 0.25) is 5.02 Å². The van der Waals surface area contributed by atoms with Gasteiger partial charge in [0.1, 0.15) is 5.75 Å². The summed E-state index contributed by atoms with van der Waals surface area (Å²) >= 11 is 5.65. The summed E-state index contributed by atoms with van der Waals surface area (Å²) < 4.78 is 0. The zero-order chi connectivity index (χ0) is 22.6. The van der Waals surface area contributed by atoms with Crippen molar-refractivity contribution < 1.29 is 44.7 Å². The largest absolute Gasteiger partial charge is 0.508 e. The number of carboxylic acid groups (broad SMARTS) is 4. The van der Waals surface area contributed by atoms with Gasteiger partial charge in [0.15, 0.2) is 0 Å². The fraction of sp³-hybridized carbons (Fsp3) is 0.412. The predicted molar refractivity (Wildman–Crippen MR) is 101 cm³/mol. The lowest BCUT2D eigenvalue weighted by Crippen LogP contribution is -2.43. The zero-order valence-electron chi connectivity index (χ0n) is 15.6. The fourth-order valence-corrected chi connectivity index (χ4v) is 2.24. The van der Waals surface area contributed by atoms with E-state index in [2.05, 4.69) is 0 Å². The van der Waals surface area contributed by atoms with E-state index in [-0.39, 0.29) is 18.8 Å². The maximum absolute atomic E-state index is 10.6. The number of hydrogen-bond acceptors (Lipinski definition) is 7. The molecule has 0 amide bonds. The highest BCUT2D eigenvalue weighted by Crippen LogP contribution is 2.22. The van der Waals surface area contributed by atoms with Gasteiger partial charge in [0.25, 0.3) is 0 Å². The van der Waals surface area contributed by atoms with E-state index in [0.717, 1.165) is 15.4 Å². The van der Waals surface area contributed by atoms with Gasteiger partial charge in [-0.25, -0.2) is 0 Å². The first-order valence-corrected chi connectivity index (χ1v) is 8.56. The van der Waals surface area contributed by atoms with Crippen molar-refractivity contribution in [3.05, 3.63) is 28.8 Å². The van der Waals surface area contributed by atoms with Crippen molar-refractivity contribution >= 4 is 35.5 Å². The molecular formula is C17H23ClN2O9. The van der Waals surface area contributed by atoms with Gasteiger partial charge in [-0.05, 0) is 19.1 Å². The Bertz CT molecular complexity index is 639. The maximum Gasteiger partial charge on any atom is 0.317 e. The summed E-state index contributed by atoms with van der Waals surface area (Å²) in [5.74, 6) is -4.66. The molecule has 12 heteroatoms. The van der Waals surface area contributed by atoms with Crippen LogP contribution in [0.1, 0.15) is 5.56 Å². The fourth-order valence-electron chi connectivity index (χ4n) is 2.07. The summed E-state index contributed by atoms with van der Waals surface area (Å²) in [6.07, 6.45) is 0. The van der Waals surface area contributed by atoms with Gasteiger partial charge < -0.3 is 25.5 Å². The van der Waals surface area contributed by atoms with Gasteiger partial charge in [0, 0.05) is 23.7 Å². The van der Waals surface area contributed by atoms with Gasteiger partial charge in [-0.2, -0.15) is 0 Å². The van der Waals surface area contributed by atoms with Crippen molar-refractivity contribution in [2.24, 2.45) is 0 Å². The molecule has 0 unspecified atom stereocenters. The standard InChI is InChI=1S/C10H16N2O8.C7H7ClO/c13-7(14)3-11(4-8(15)16)1-2-12(5-9(17)18)6-10(19)20;1-5-6(8)3-2-4-7(5)9/h1-6H2,(H,13,14)(H,15,16)(H,17,18)(H,19,20);2-4,9H,1H3. The Morgan fingerprint density at radius 1 is 0.793 bits per heavy atom. The number of aromatic hydroxyl groups is 1. The molecule has 0 atom stereocenters. The summed E-state index contributed by atoms with van der Waals surface area (Å²) in [4.78, 5) is 44.4. The van der Waals surface area contributed by atoms with E-state index in [0.29, 0.717) is 5.02 Å². The first-order chi connectivity index (χ1) is 13.4. The molecule has 5 N–H and O–H groups in total. The Morgan fingerprint density at radius 3 is 1.38 bits per heavy atom. The van der Waals surface area contributed by atoms with Crippen LogP contribution in [0.5, 0.6) is 5.75 Å². The van der Waals surface area contributed by atoms with E-state index < -0.39 is 50.1 Å². The lowest BCUT2D eigenvalue weighted by atomic mass is 10.2. The number of phenolic OH excluding ortho intramolecular Hbond substituents is 1. The van der Waals surface area contributed by atoms with Crippen LogP contribution < -0.4 is 0 Å². The molecule has 0 spiro atoms. The minimum absolute atomic E-state index is 0.0703. The normalized spacial score (nSPS) is 10.3. The maximum atomic E-state index is 10.6. The SMILES string of the molecule is Cc1c(O)cccc1Cl.O=C(O)CN(CCN(CC(=O)O)CC(=O)O)CC(=O)O. The second-order valence-corrected chi connectivity index (χ2v) is 6.29. The van der Waals surface area contributed by atoms with Gasteiger partial charge in [-0.15, -0.1) is 0 Å². The highest BCUT2D eigenvalue weighted by molar-refractivity contribution is 6.31. The van der Waals surface area contributed by atoms with Crippen molar-refractivity contribution in [2.45, 2.75) is 6.92 Å². The molecule has 0 heterocycles. The van der Waals surface area contributed by atoms with Gasteiger partial charge in [-0.1, -0.05) is 17.7 Å². The summed E-state index contributed by atoms with van der Waals surface area (Å²) in [5, 5.41) is 44.1. The molecular weight excluding hydrogens is 412 g/mol. The van der Waals surface area contributed by atoms with E-state index in [1.807, 2.05) is 0 Å². The molecule has 1 aromatic rings. The van der Waals surface area contributed by atoms with Crippen LogP contribution in [0.4, 0.5) is 0 Å². The monoisotopic (exact) mass is 434 g/mol. The second kappa shape index (κ2) is 13.3. The Hall–Kier alpha value is -2.89. The van der Waals surface area contributed by atoms with E-state index in [1.165, 1.54) is 0 Å². The Morgan fingerprint density at radius 2 is 1.14 bits per heavy atom. The third kappa shape index (κ3) is 13.0. The lowest BCUT2D eigenvalue weighted by molar-refractivity contribution is -0.145. The first kappa shape index (κ1) is 26.1. The molecule has 0 bridgehead atoms. The molecule has 0 aliphatic rings. The van der Waals surface area contributed by atoms with Crippen molar-refractivity contribution in [3.63, 3.8) is 0 Å². The van der Waals surface area contributed by atoms with Crippen molar-refractivity contribution in [3.8, 4) is 5.75 Å². The highest BCUT2D eigenvalue weighted by atomic mass is 35.5. The smallest absolute Gasteiger partial charge is 0.317 e. The summed E-state index contributed by atoms with van der Waals surface area (Å²) in [7, 11) is 0. The third-order valence-corrected chi connectivity index (χ3v) is 3.82. The summed E-state index contributed by atoms with van der Waals surface area (Å²) in [6.45, 7) is -0.475. The minimum Gasteiger partial charge on any atom is -0.508 e. The predicted octanol–water partition coefficient (Wildman–Crippen LogP) is 0.283. The molecule has 0 fully saturated rings. The van der Waals surface area contributed by atoms with Gasteiger partial charge in [0.2, 0.25) is 0 Å². The summed E-state index contributed by atoms with van der Waals surface area (Å²) in [6, 6.07) is 5.07. The molecule has 1 aromatic carbocycles. The Labute approximate surface area is 171 Å². The van der Waals surface area contributed by atoms with Crippen molar-refractivity contribution in [1.82, 2.24) is 9.80 Å². The number of aliphatic carboxylic acids is 4. The first-order valence-electron chi connectivity index (χ1n) is 8.18. The Balaban J connectivity index is 0.000000717. The van der Waals surface area contributed by atoms with Crippen LogP contribution in [-0.4, -0.2) is 98.5 Å². The van der Waals surface area contributed by atoms with Crippen molar-refractivity contribution in [1.29, 1.82) is 0 Å². The molecule has 0 aliphatic carbocycles. The number of hydrogen-bond donors (Lipinski definition) is 5. The van der Waals surface area contributed by atoms with Crippen LogP contribution in [0, 0.1) is 6.92 Å². The van der Waals surface area contributed by atoms with Crippen LogP contribution in [-0.2, 0) is 19.2 Å². The van der Waals surface area contributed by atoms with Gasteiger partial charge >= 0.3 is 23.9 Å². The number of phenols is 1. The van der Waals surface area contributed by atoms with E-state index >= 15 is 0 Å². The third-order valence-electron chi connectivity index (χ3n) is 3.41. The van der Waals surface area contributed by atoms with Crippen LogP contribution in [0.25, 0.3) is 0 Å². The Kier molecular flexibility index (Phi) is 12.0. The van der Waals surface area contributed by atoms with Gasteiger partial charge in [-0.3, -0.25) is 29.0 Å². The highest BCUT2D eigenvalue weighted by Gasteiger charge is 2.18. The molecule has 162 valence electrons. The average molecular weight is 435 g/mol. The van der Waals surface area contributed by atoms with E-state index in [9.17, 15) is 19.2 Å². The number of rotatable bonds is 11. The molecule has 0 saturated heterocycles. The van der Waals surface area contributed by atoms with Crippen LogP contribution in [0.15, 0.2) is 18.2 Å². The quantitative estimate of drug-likeness (QED) is 0.323. The zero-order valence-corrected chi connectivity index (χ0v) is 16.4. The lowest BCUT2D eigenvalue weighted by Gasteiger charge is -2.23. The molecule has 1 rings (SSSR count). The van der Waals surface area contributed by atoms with E-state index in [4.69, 9.17) is 37.1 Å². The molecule has 0 aromatic heterocycles. The number of carboxylic acids is 4. The minimum atomic E-state index is -1.23. The second-order valence-electron chi connectivity index (χ2n) is 5.88. The van der Waals surface area contributed by atoms with Crippen molar-refractivity contribution in [2.75, 3.05) is 39.3 Å². The molecule has 0 saturated carbocycles. The number of carbonyl (C=O) groups is 4. The van der Waals surface area contributed by atoms with Crippen LogP contribution >= 0.6 is 11.6 Å². The number of benzene rings is 1. The number of nitrogens with zero attached hydrogens (tertiary/aromatic N) is 2. The molecule has 11 nitrogen and oxygen atoms in total. The van der Waals surface area contributed by atoms with Gasteiger partial charge in [0.05, 0.1) is 26.2 Å². The summed E-state index contributed by atoms with van der Waals surface area (Å²) in [5.41, 5.74) is 0.735. The molecule has 0 radical (unpaired) electrons. The molecule has 29 heavy (non-hydrogen) atoms. The average Bonchev–Trinajstić information content (AvgIpc) is 2.56. The topological polar surface area (TPSA) is 176 Å². The number of halogens is 1. The van der Waals surface area contributed by atoms with E-state index in [1.54, 1.807) is 25.1 Å². The molecule has 0 aliphatic heterocycles.